The third-order valence-corrected chi connectivity index (χ3v) is 3.90. The third-order valence-electron chi connectivity index (χ3n) is 3.90. The minimum Gasteiger partial charge on any atom is -0.327 e. The maximum Gasteiger partial charge on any atom is 0.243 e. The fraction of sp³-hybridized carbons (Fsp3) is 0.643. The first-order chi connectivity index (χ1) is 8.59. The Morgan fingerprint density at radius 1 is 1.22 bits per heavy atom. The van der Waals surface area contributed by atoms with Crippen LogP contribution in [0.25, 0.3) is 0 Å². The van der Waals surface area contributed by atoms with Gasteiger partial charge in [-0.1, -0.05) is 19.3 Å². The van der Waals surface area contributed by atoms with Crippen molar-refractivity contribution < 1.29 is 4.79 Å². The van der Waals surface area contributed by atoms with Crippen LogP contribution in [-0.4, -0.2) is 16.6 Å². The Morgan fingerprint density at radius 3 is 2.50 bits per heavy atom. The van der Waals surface area contributed by atoms with Crippen molar-refractivity contribution >= 4 is 5.91 Å². The summed E-state index contributed by atoms with van der Waals surface area (Å²) in [7, 11) is 0. The quantitative estimate of drug-likeness (QED) is 0.788. The van der Waals surface area contributed by atoms with E-state index in [9.17, 15) is 4.79 Å². The molecule has 0 aliphatic heterocycles. The van der Waals surface area contributed by atoms with Gasteiger partial charge in [0.25, 0.3) is 0 Å². The molecule has 1 aromatic rings. The van der Waals surface area contributed by atoms with Crippen LogP contribution in [0.2, 0.25) is 0 Å². The molecule has 18 heavy (non-hydrogen) atoms. The van der Waals surface area contributed by atoms with Gasteiger partial charge >= 0.3 is 0 Å². The van der Waals surface area contributed by atoms with Crippen LogP contribution in [0.1, 0.15) is 43.5 Å². The van der Waals surface area contributed by atoms with Gasteiger partial charge in [-0.05, 0) is 38.8 Å². The standard InChI is InChI=1S/C14H23N3O/c1-10-8-9-11(2)17(10)16-14(18)12-6-4-3-5-7-13(12)15/h8-9,12-13H,3-7,15H2,1-2H3,(H,16,18). The summed E-state index contributed by atoms with van der Waals surface area (Å²) in [6.45, 7) is 3.97. The molecule has 0 spiro atoms. The number of carbonyl (C=O) groups excluding carboxylic acids is 1. The van der Waals surface area contributed by atoms with Gasteiger partial charge in [0, 0.05) is 17.4 Å². The number of hydrogen-bond acceptors (Lipinski definition) is 2. The normalized spacial score (nSPS) is 24.6. The monoisotopic (exact) mass is 249 g/mol. The molecule has 1 amide bonds. The summed E-state index contributed by atoms with van der Waals surface area (Å²) in [6.07, 6.45) is 5.31. The first-order valence-electron chi connectivity index (χ1n) is 6.81. The van der Waals surface area contributed by atoms with Crippen LogP contribution in [0, 0.1) is 19.8 Å². The van der Waals surface area contributed by atoms with E-state index in [2.05, 4.69) is 5.43 Å². The molecule has 1 fully saturated rings. The summed E-state index contributed by atoms with van der Waals surface area (Å²) in [5.74, 6) is 0.0144. The Kier molecular flexibility index (Phi) is 4.07. The molecular weight excluding hydrogens is 226 g/mol. The summed E-state index contributed by atoms with van der Waals surface area (Å²) in [5.41, 5.74) is 11.2. The molecular formula is C14H23N3O. The van der Waals surface area contributed by atoms with Crippen LogP contribution in [0.5, 0.6) is 0 Å². The average molecular weight is 249 g/mol. The molecule has 4 heteroatoms. The number of rotatable bonds is 2. The Morgan fingerprint density at radius 2 is 1.83 bits per heavy atom. The maximum atomic E-state index is 12.3. The molecule has 0 saturated heterocycles. The minimum atomic E-state index is -0.0475. The number of nitrogens with zero attached hydrogens (tertiary/aromatic N) is 1. The lowest BCUT2D eigenvalue weighted by Crippen LogP contribution is -2.40. The van der Waals surface area contributed by atoms with Gasteiger partial charge in [-0.15, -0.1) is 0 Å². The Balaban J connectivity index is 2.07. The molecule has 2 unspecified atom stereocenters. The largest absolute Gasteiger partial charge is 0.327 e. The second kappa shape index (κ2) is 5.57. The van der Waals surface area contributed by atoms with Crippen LogP contribution in [0.15, 0.2) is 12.1 Å². The van der Waals surface area contributed by atoms with Gasteiger partial charge in [0.15, 0.2) is 0 Å². The number of amides is 1. The zero-order valence-electron chi connectivity index (χ0n) is 11.3. The minimum absolute atomic E-state index is 0.00340. The van der Waals surface area contributed by atoms with E-state index in [4.69, 9.17) is 5.73 Å². The topological polar surface area (TPSA) is 60.0 Å². The van der Waals surface area contributed by atoms with Crippen LogP contribution in [0.4, 0.5) is 0 Å². The van der Waals surface area contributed by atoms with Crippen molar-refractivity contribution in [3.8, 4) is 0 Å². The number of carbonyl (C=O) groups is 1. The maximum absolute atomic E-state index is 12.3. The summed E-state index contributed by atoms with van der Waals surface area (Å²) >= 11 is 0. The van der Waals surface area contributed by atoms with Crippen LogP contribution in [-0.2, 0) is 4.79 Å². The molecule has 1 saturated carbocycles. The molecule has 4 nitrogen and oxygen atoms in total. The Hall–Kier alpha value is -1.29. The first kappa shape index (κ1) is 13.1. The highest BCUT2D eigenvalue weighted by atomic mass is 16.2. The second-order valence-electron chi connectivity index (χ2n) is 5.34. The van der Waals surface area contributed by atoms with Crippen molar-refractivity contribution in [1.82, 2.24) is 4.68 Å². The van der Waals surface area contributed by atoms with E-state index < -0.39 is 0 Å². The van der Waals surface area contributed by atoms with Crippen molar-refractivity contribution in [3.05, 3.63) is 23.5 Å². The van der Waals surface area contributed by atoms with Crippen molar-refractivity contribution in [3.63, 3.8) is 0 Å². The van der Waals surface area contributed by atoms with E-state index in [0.29, 0.717) is 0 Å². The molecule has 2 atom stereocenters. The Bertz CT molecular complexity index is 405. The third kappa shape index (κ3) is 2.75. The summed E-state index contributed by atoms with van der Waals surface area (Å²) in [6, 6.07) is 4.01. The molecule has 1 aliphatic carbocycles. The summed E-state index contributed by atoms with van der Waals surface area (Å²) in [4.78, 5) is 12.3. The van der Waals surface area contributed by atoms with Gasteiger partial charge in [-0.25, -0.2) is 0 Å². The molecule has 0 bridgehead atoms. The summed E-state index contributed by atoms with van der Waals surface area (Å²) < 4.78 is 1.85. The highest BCUT2D eigenvalue weighted by Gasteiger charge is 2.27. The van der Waals surface area contributed by atoms with Gasteiger partial charge in [0.1, 0.15) is 0 Å². The number of hydrogen-bond donors (Lipinski definition) is 2. The zero-order valence-corrected chi connectivity index (χ0v) is 11.3. The van der Waals surface area contributed by atoms with Crippen LogP contribution >= 0.6 is 0 Å². The number of nitrogens with two attached hydrogens (primary N) is 1. The highest BCUT2D eigenvalue weighted by Crippen LogP contribution is 2.22. The molecule has 1 aliphatic rings. The number of nitrogens with one attached hydrogen (secondary N) is 1. The van der Waals surface area contributed by atoms with Crippen molar-refractivity contribution in [2.45, 2.75) is 52.0 Å². The van der Waals surface area contributed by atoms with Gasteiger partial charge in [-0.2, -0.15) is 0 Å². The average Bonchev–Trinajstić information content (AvgIpc) is 2.56. The zero-order chi connectivity index (χ0) is 13.1. The smallest absolute Gasteiger partial charge is 0.243 e. The van der Waals surface area contributed by atoms with E-state index in [-0.39, 0.29) is 17.9 Å². The van der Waals surface area contributed by atoms with E-state index in [1.807, 2.05) is 30.7 Å². The SMILES string of the molecule is Cc1ccc(C)n1NC(=O)C1CCCCCC1N. The van der Waals surface area contributed by atoms with Crippen molar-refractivity contribution in [2.75, 3.05) is 5.43 Å². The highest BCUT2D eigenvalue weighted by molar-refractivity contribution is 5.86. The Labute approximate surface area is 109 Å². The predicted molar refractivity (Wildman–Crippen MR) is 72.8 cm³/mol. The van der Waals surface area contributed by atoms with Gasteiger partial charge in [-0.3, -0.25) is 14.9 Å². The lowest BCUT2D eigenvalue weighted by Gasteiger charge is -2.22. The fourth-order valence-electron chi connectivity index (χ4n) is 2.70. The predicted octanol–water partition coefficient (Wildman–Crippen LogP) is 2.08. The lowest BCUT2D eigenvalue weighted by molar-refractivity contribution is -0.121. The molecule has 1 aromatic heterocycles. The van der Waals surface area contributed by atoms with E-state index in [0.717, 1.165) is 37.1 Å². The van der Waals surface area contributed by atoms with E-state index in [1.165, 1.54) is 6.42 Å². The number of aryl methyl sites for hydroxylation is 2. The van der Waals surface area contributed by atoms with E-state index >= 15 is 0 Å². The van der Waals surface area contributed by atoms with Crippen molar-refractivity contribution in [1.29, 1.82) is 0 Å². The molecule has 3 N–H and O–H groups in total. The van der Waals surface area contributed by atoms with Crippen LogP contribution in [0.3, 0.4) is 0 Å². The molecule has 2 rings (SSSR count). The second-order valence-corrected chi connectivity index (χ2v) is 5.34. The van der Waals surface area contributed by atoms with Crippen LogP contribution < -0.4 is 11.2 Å². The number of aromatic nitrogens is 1. The van der Waals surface area contributed by atoms with Gasteiger partial charge < -0.3 is 5.73 Å². The van der Waals surface area contributed by atoms with Crippen molar-refractivity contribution in [2.24, 2.45) is 11.7 Å². The molecule has 100 valence electrons. The molecule has 0 radical (unpaired) electrons. The fourth-order valence-corrected chi connectivity index (χ4v) is 2.70. The van der Waals surface area contributed by atoms with Gasteiger partial charge in [0.05, 0.1) is 5.92 Å². The molecule has 1 heterocycles. The summed E-state index contributed by atoms with van der Waals surface area (Å²) in [5, 5.41) is 0. The lowest BCUT2D eigenvalue weighted by atomic mass is 9.95. The first-order valence-corrected chi connectivity index (χ1v) is 6.81. The van der Waals surface area contributed by atoms with E-state index in [1.54, 1.807) is 0 Å². The molecule has 0 aromatic carbocycles. The van der Waals surface area contributed by atoms with Gasteiger partial charge in [0.2, 0.25) is 5.91 Å².